The monoisotopic (exact) mass is 335 g/mol. The quantitative estimate of drug-likeness (QED) is 0.786. The van der Waals surface area contributed by atoms with Gasteiger partial charge in [0, 0.05) is 17.6 Å². The van der Waals surface area contributed by atoms with Crippen molar-refractivity contribution in [2.24, 2.45) is 0 Å². The molecule has 0 unspecified atom stereocenters. The Morgan fingerprint density at radius 3 is 2.74 bits per heavy atom. The minimum atomic E-state index is -2.86. The molecule has 0 heterocycles. The summed E-state index contributed by atoms with van der Waals surface area (Å²) in [4.78, 5) is 0. The van der Waals surface area contributed by atoms with Gasteiger partial charge in [0.05, 0.1) is 6.61 Å². The Kier molecular flexibility index (Phi) is 6.80. The molecule has 0 fully saturated rings. The van der Waals surface area contributed by atoms with Crippen LogP contribution in [0.1, 0.15) is 12.5 Å². The van der Waals surface area contributed by atoms with Crippen LogP contribution in [0, 0.1) is 0 Å². The zero-order valence-corrected chi connectivity index (χ0v) is 12.2. The van der Waals surface area contributed by atoms with Gasteiger partial charge in [-0.25, -0.2) is 0 Å². The fraction of sp³-hybridized carbons (Fsp3) is 0.385. The zero-order chi connectivity index (χ0) is 14.3. The van der Waals surface area contributed by atoms with E-state index in [1.165, 1.54) is 6.07 Å². The molecule has 106 valence electrons. The van der Waals surface area contributed by atoms with Gasteiger partial charge in [-0.3, -0.25) is 0 Å². The van der Waals surface area contributed by atoms with Gasteiger partial charge < -0.3 is 14.8 Å². The number of alkyl halides is 2. The molecule has 1 aromatic rings. The summed E-state index contributed by atoms with van der Waals surface area (Å²) in [5.74, 6) is 0.366. The maximum Gasteiger partial charge on any atom is 0.387 e. The van der Waals surface area contributed by atoms with Crippen molar-refractivity contribution in [1.82, 2.24) is 5.32 Å². The first-order chi connectivity index (χ1) is 9.02. The first-order valence-electron chi connectivity index (χ1n) is 5.77. The van der Waals surface area contributed by atoms with Crippen molar-refractivity contribution in [2.45, 2.75) is 20.1 Å². The number of rotatable bonds is 8. The second kappa shape index (κ2) is 8.12. The number of hydrogen-bond donors (Lipinski definition) is 1. The highest BCUT2D eigenvalue weighted by Crippen LogP contribution is 2.29. The zero-order valence-electron chi connectivity index (χ0n) is 10.6. The molecule has 0 aliphatic carbocycles. The normalized spacial score (nSPS) is 10.6. The van der Waals surface area contributed by atoms with Gasteiger partial charge in [0.1, 0.15) is 0 Å². The van der Waals surface area contributed by atoms with Gasteiger partial charge in [-0.05, 0) is 24.6 Å². The summed E-state index contributed by atoms with van der Waals surface area (Å²) in [6, 6.07) is 4.88. The molecule has 0 amide bonds. The van der Waals surface area contributed by atoms with Crippen molar-refractivity contribution < 1.29 is 18.3 Å². The van der Waals surface area contributed by atoms with Crippen LogP contribution in [-0.4, -0.2) is 19.8 Å². The van der Waals surface area contributed by atoms with Gasteiger partial charge in [0.2, 0.25) is 0 Å². The molecule has 0 atom stereocenters. The van der Waals surface area contributed by atoms with Crippen LogP contribution in [0.2, 0.25) is 0 Å². The highest BCUT2D eigenvalue weighted by Gasteiger charge is 2.11. The van der Waals surface area contributed by atoms with E-state index in [1.807, 2.05) is 0 Å². The summed E-state index contributed by atoms with van der Waals surface area (Å²) >= 11 is 3.24. The maximum absolute atomic E-state index is 12.2. The first kappa shape index (κ1) is 15.9. The Bertz CT molecular complexity index is 427. The average molecular weight is 336 g/mol. The van der Waals surface area contributed by atoms with Crippen LogP contribution in [0.15, 0.2) is 29.3 Å². The third kappa shape index (κ3) is 6.02. The Morgan fingerprint density at radius 2 is 2.16 bits per heavy atom. The lowest BCUT2D eigenvalue weighted by atomic mass is 10.2. The lowest BCUT2D eigenvalue weighted by Crippen LogP contribution is -2.14. The van der Waals surface area contributed by atoms with Crippen LogP contribution in [0.5, 0.6) is 11.5 Å². The van der Waals surface area contributed by atoms with Gasteiger partial charge in [-0.15, -0.1) is 0 Å². The average Bonchev–Trinajstić information content (AvgIpc) is 2.31. The van der Waals surface area contributed by atoms with E-state index in [-0.39, 0.29) is 5.75 Å². The summed E-state index contributed by atoms with van der Waals surface area (Å²) in [5, 5.41) is 3.14. The van der Waals surface area contributed by atoms with Gasteiger partial charge in [-0.1, -0.05) is 28.6 Å². The Morgan fingerprint density at radius 1 is 1.42 bits per heavy atom. The topological polar surface area (TPSA) is 30.5 Å². The molecule has 1 aromatic carbocycles. The van der Waals surface area contributed by atoms with Gasteiger partial charge in [0.15, 0.2) is 11.5 Å². The fourth-order valence-corrected chi connectivity index (χ4v) is 1.66. The van der Waals surface area contributed by atoms with Crippen molar-refractivity contribution in [3.05, 3.63) is 34.8 Å². The van der Waals surface area contributed by atoms with E-state index in [0.29, 0.717) is 25.4 Å². The summed E-state index contributed by atoms with van der Waals surface area (Å²) < 4.78 is 35.0. The maximum atomic E-state index is 12.2. The minimum absolute atomic E-state index is 0.0468. The van der Waals surface area contributed by atoms with Crippen LogP contribution in [0.25, 0.3) is 0 Å². The summed E-state index contributed by atoms with van der Waals surface area (Å²) in [6.45, 7) is 4.22. The number of nitrogens with one attached hydrogen (secondary N) is 1. The lowest BCUT2D eigenvalue weighted by Gasteiger charge is -2.13. The van der Waals surface area contributed by atoms with E-state index in [1.54, 1.807) is 19.1 Å². The Balaban J connectivity index is 2.74. The van der Waals surface area contributed by atoms with Gasteiger partial charge in [-0.2, -0.15) is 8.78 Å². The van der Waals surface area contributed by atoms with Crippen molar-refractivity contribution in [3.8, 4) is 11.5 Å². The second-order valence-electron chi connectivity index (χ2n) is 3.71. The van der Waals surface area contributed by atoms with Gasteiger partial charge in [0.25, 0.3) is 0 Å². The molecule has 0 aliphatic rings. The molecule has 1 rings (SSSR count). The van der Waals surface area contributed by atoms with E-state index in [2.05, 4.69) is 32.6 Å². The summed E-state index contributed by atoms with van der Waals surface area (Å²) in [5.41, 5.74) is 0.916. The van der Waals surface area contributed by atoms with Crippen LogP contribution < -0.4 is 14.8 Å². The fourth-order valence-electron chi connectivity index (χ4n) is 1.47. The van der Waals surface area contributed by atoms with Crippen LogP contribution in [0.4, 0.5) is 8.78 Å². The van der Waals surface area contributed by atoms with Crippen LogP contribution >= 0.6 is 15.9 Å². The molecule has 6 heteroatoms. The smallest absolute Gasteiger partial charge is 0.387 e. The van der Waals surface area contributed by atoms with Crippen LogP contribution in [0.3, 0.4) is 0 Å². The molecule has 0 radical (unpaired) electrons. The van der Waals surface area contributed by atoms with Crippen molar-refractivity contribution >= 4 is 15.9 Å². The van der Waals surface area contributed by atoms with Crippen LogP contribution in [-0.2, 0) is 6.54 Å². The van der Waals surface area contributed by atoms with Crippen molar-refractivity contribution in [2.75, 3.05) is 13.2 Å². The summed E-state index contributed by atoms with van der Waals surface area (Å²) in [6.07, 6.45) is 0. The molecular formula is C13H16BrF2NO2. The number of benzene rings is 1. The second-order valence-corrected chi connectivity index (χ2v) is 4.83. The lowest BCUT2D eigenvalue weighted by molar-refractivity contribution is -0.0514. The molecule has 19 heavy (non-hydrogen) atoms. The molecule has 0 saturated carbocycles. The SMILES string of the molecule is C=C(Br)CNCc1ccc(OC(F)F)c(OCC)c1. The van der Waals surface area contributed by atoms with Crippen molar-refractivity contribution in [1.29, 1.82) is 0 Å². The van der Waals surface area contributed by atoms with E-state index in [0.717, 1.165) is 10.0 Å². The predicted molar refractivity (Wildman–Crippen MR) is 74.0 cm³/mol. The molecule has 1 N–H and O–H groups in total. The predicted octanol–water partition coefficient (Wildman–Crippen LogP) is 3.68. The Labute approximate surface area is 119 Å². The molecule has 0 saturated heterocycles. The van der Waals surface area contributed by atoms with E-state index in [4.69, 9.17) is 4.74 Å². The molecule has 3 nitrogen and oxygen atoms in total. The molecule has 0 spiro atoms. The standard InChI is InChI=1S/C13H16BrF2NO2/c1-3-18-12-6-10(8-17-7-9(2)14)4-5-11(12)19-13(15)16/h4-6,13,17H,2-3,7-8H2,1H3. The molecule has 0 aliphatic heterocycles. The first-order valence-corrected chi connectivity index (χ1v) is 6.56. The largest absolute Gasteiger partial charge is 0.490 e. The Hall–Kier alpha value is -1.14. The molecule has 0 aromatic heterocycles. The third-order valence-electron chi connectivity index (χ3n) is 2.17. The third-order valence-corrected chi connectivity index (χ3v) is 2.45. The van der Waals surface area contributed by atoms with Gasteiger partial charge >= 0.3 is 6.61 Å². The van der Waals surface area contributed by atoms with E-state index < -0.39 is 6.61 Å². The number of ether oxygens (including phenoxy) is 2. The highest BCUT2D eigenvalue weighted by molar-refractivity contribution is 9.11. The number of hydrogen-bond acceptors (Lipinski definition) is 3. The molecular weight excluding hydrogens is 320 g/mol. The van der Waals surface area contributed by atoms with Crippen molar-refractivity contribution in [3.63, 3.8) is 0 Å². The van der Waals surface area contributed by atoms with E-state index >= 15 is 0 Å². The van der Waals surface area contributed by atoms with E-state index in [9.17, 15) is 8.78 Å². The molecule has 0 bridgehead atoms. The minimum Gasteiger partial charge on any atom is -0.490 e. The highest BCUT2D eigenvalue weighted by atomic mass is 79.9. The number of halogens is 3. The summed E-state index contributed by atoms with van der Waals surface area (Å²) in [7, 11) is 0.